The molecule has 0 N–H and O–H groups in total. The summed E-state index contributed by atoms with van der Waals surface area (Å²) in [4.78, 5) is 0. The first-order chi connectivity index (χ1) is 14.3. The Morgan fingerprint density at radius 1 is 0.700 bits per heavy atom. The summed E-state index contributed by atoms with van der Waals surface area (Å²) in [5.41, 5.74) is 1.74. The van der Waals surface area contributed by atoms with Crippen LogP contribution in [0.25, 0.3) is 0 Å². The van der Waals surface area contributed by atoms with Gasteiger partial charge in [-0.05, 0) is 66.6 Å². The molecule has 0 aromatic rings. The van der Waals surface area contributed by atoms with Gasteiger partial charge in [-0.3, -0.25) is 0 Å². The van der Waals surface area contributed by atoms with Gasteiger partial charge in [-0.25, -0.2) is 0 Å². The molecule has 0 spiro atoms. The average Bonchev–Trinajstić information content (AvgIpc) is 3.51. The summed E-state index contributed by atoms with van der Waals surface area (Å²) < 4.78 is 0. The van der Waals surface area contributed by atoms with Crippen molar-refractivity contribution in [3.8, 4) is 0 Å². The van der Waals surface area contributed by atoms with Crippen LogP contribution in [0.5, 0.6) is 0 Å². The monoisotopic (exact) mass is 420 g/mol. The Bertz CT molecular complexity index is 427. The van der Waals surface area contributed by atoms with E-state index in [1.165, 1.54) is 109 Å². The van der Waals surface area contributed by atoms with Crippen LogP contribution in [0.1, 0.15) is 165 Å². The van der Waals surface area contributed by atoms with Gasteiger partial charge in [0.25, 0.3) is 0 Å². The third-order valence-corrected chi connectivity index (χ3v) is 9.94. The van der Waals surface area contributed by atoms with Gasteiger partial charge in [-0.15, -0.1) is 0 Å². The second-order valence-electron chi connectivity index (χ2n) is 11.9. The zero-order valence-corrected chi connectivity index (χ0v) is 22.7. The van der Waals surface area contributed by atoms with E-state index in [1.54, 1.807) is 0 Å². The highest BCUT2D eigenvalue weighted by Gasteiger charge is 2.46. The lowest BCUT2D eigenvalue weighted by Crippen LogP contribution is -2.39. The molecule has 180 valence electrons. The summed E-state index contributed by atoms with van der Waals surface area (Å²) in [5, 5.41) is 0. The van der Waals surface area contributed by atoms with E-state index in [-0.39, 0.29) is 0 Å². The predicted molar refractivity (Wildman–Crippen MR) is 138 cm³/mol. The third kappa shape index (κ3) is 8.16. The van der Waals surface area contributed by atoms with Crippen molar-refractivity contribution in [2.75, 3.05) is 0 Å². The Hall–Kier alpha value is 0. The molecule has 1 fully saturated rings. The molecule has 1 aliphatic rings. The first-order valence-electron chi connectivity index (χ1n) is 14.3. The Morgan fingerprint density at radius 3 is 1.80 bits per heavy atom. The van der Waals surface area contributed by atoms with Crippen LogP contribution in [0.4, 0.5) is 0 Å². The van der Waals surface area contributed by atoms with Gasteiger partial charge in [0.05, 0.1) is 0 Å². The van der Waals surface area contributed by atoms with Crippen molar-refractivity contribution in [3.05, 3.63) is 0 Å². The van der Waals surface area contributed by atoms with Gasteiger partial charge in [0, 0.05) is 0 Å². The predicted octanol–water partition coefficient (Wildman–Crippen LogP) is 11.0. The summed E-state index contributed by atoms with van der Waals surface area (Å²) in [5.74, 6) is 1.90. The summed E-state index contributed by atoms with van der Waals surface area (Å²) in [6.07, 6.45) is 24.4. The van der Waals surface area contributed by atoms with Crippen molar-refractivity contribution < 1.29 is 0 Å². The second-order valence-corrected chi connectivity index (χ2v) is 11.9. The maximum Gasteiger partial charge on any atom is -0.0270 e. The molecule has 1 saturated carbocycles. The van der Waals surface area contributed by atoms with E-state index in [0.29, 0.717) is 10.8 Å². The first kappa shape index (κ1) is 28.0. The quantitative estimate of drug-likeness (QED) is 0.182. The molecule has 0 nitrogen and oxygen atoms in total. The molecule has 0 aliphatic heterocycles. The van der Waals surface area contributed by atoms with Crippen molar-refractivity contribution >= 4 is 0 Å². The lowest BCUT2D eigenvalue weighted by Gasteiger charge is -2.49. The summed E-state index contributed by atoms with van der Waals surface area (Å²) in [7, 11) is 0. The molecular weight excluding hydrogens is 360 g/mol. The van der Waals surface area contributed by atoms with Crippen molar-refractivity contribution in [2.24, 2.45) is 28.1 Å². The molecule has 3 atom stereocenters. The Morgan fingerprint density at radius 2 is 1.33 bits per heavy atom. The summed E-state index contributed by atoms with van der Waals surface area (Å²) >= 11 is 0. The standard InChI is InChI=1S/C30H60/c1-9-15-16-21-30(22-23-30)25-27(12-4)24-29(8,28(7,13-5)14-6)20-17-19-26(11-3)18-10-2/h26-27H,9-25H2,1-8H3. The second kappa shape index (κ2) is 13.5. The van der Waals surface area contributed by atoms with Gasteiger partial charge in [0.2, 0.25) is 0 Å². The van der Waals surface area contributed by atoms with Crippen LogP contribution in [0.3, 0.4) is 0 Å². The highest BCUT2D eigenvalue weighted by Crippen LogP contribution is 2.58. The Kier molecular flexibility index (Phi) is 12.6. The van der Waals surface area contributed by atoms with Gasteiger partial charge in [0.15, 0.2) is 0 Å². The van der Waals surface area contributed by atoms with Crippen molar-refractivity contribution in [1.82, 2.24) is 0 Å². The van der Waals surface area contributed by atoms with Crippen LogP contribution in [0, 0.1) is 28.1 Å². The van der Waals surface area contributed by atoms with E-state index < -0.39 is 0 Å². The van der Waals surface area contributed by atoms with Crippen LogP contribution in [-0.4, -0.2) is 0 Å². The molecule has 3 unspecified atom stereocenters. The molecule has 0 heterocycles. The molecule has 0 radical (unpaired) electrons. The molecule has 30 heavy (non-hydrogen) atoms. The van der Waals surface area contributed by atoms with Crippen LogP contribution >= 0.6 is 0 Å². The maximum atomic E-state index is 2.69. The number of unbranched alkanes of at least 4 members (excludes halogenated alkanes) is 2. The van der Waals surface area contributed by atoms with Gasteiger partial charge in [-0.1, -0.05) is 126 Å². The normalized spacial score (nSPS) is 20.0. The molecule has 0 bridgehead atoms. The van der Waals surface area contributed by atoms with Crippen LogP contribution < -0.4 is 0 Å². The highest BCUT2D eigenvalue weighted by molar-refractivity contribution is 4.97. The maximum absolute atomic E-state index is 2.69. The van der Waals surface area contributed by atoms with Crippen LogP contribution in [0.2, 0.25) is 0 Å². The van der Waals surface area contributed by atoms with E-state index in [0.717, 1.165) is 17.3 Å². The summed E-state index contributed by atoms with van der Waals surface area (Å²) in [6, 6.07) is 0. The zero-order chi connectivity index (χ0) is 22.7. The van der Waals surface area contributed by atoms with Crippen molar-refractivity contribution in [1.29, 1.82) is 0 Å². The van der Waals surface area contributed by atoms with E-state index >= 15 is 0 Å². The highest BCUT2D eigenvalue weighted by atomic mass is 14.5. The number of hydrogen-bond donors (Lipinski definition) is 0. The van der Waals surface area contributed by atoms with E-state index in [4.69, 9.17) is 0 Å². The fourth-order valence-electron chi connectivity index (χ4n) is 6.59. The minimum atomic E-state index is 0.492. The van der Waals surface area contributed by atoms with E-state index in [2.05, 4.69) is 55.4 Å². The van der Waals surface area contributed by atoms with Crippen molar-refractivity contribution in [3.63, 3.8) is 0 Å². The van der Waals surface area contributed by atoms with Crippen molar-refractivity contribution in [2.45, 2.75) is 165 Å². The fourth-order valence-corrected chi connectivity index (χ4v) is 6.59. The van der Waals surface area contributed by atoms with Gasteiger partial charge < -0.3 is 0 Å². The SMILES string of the molecule is CCCCCC1(CC(CC)CC(C)(CCCC(CC)CCC)C(C)(CC)CC)CC1. The zero-order valence-electron chi connectivity index (χ0n) is 22.7. The first-order valence-corrected chi connectivity index (χ1v) is 14.3. The minimum Gasteiger partial charge on any atom is -0.0654 e. The molecule has 0 aromatic heterocycles. The fraction of sp³-hybridized carbons (Fsp3) is 1.00. The smallest absolute Gasteiger partial charge is 0.0270 e. The lowest BCUT2D eigenvalue weighted by molar-refractivity contribution is 0.0146. The Labute approximate surface area is 192 Å². The number of hydrogen-bond acceptors (Lipinski definition) is 0. The average molecular weight is 421 g/mol. The summed E-state index contributed by atoms with van der Waals surface area (Å²) in [6.45, 7) is 19.8. The van der Waals surface area contributed by atoms with Crippen LogP contribution in [-0.2, 0) is 0 Å². The minimum absolute atomic E-state index is 0.492. The Balaban J connectivity index is 2.82. The molecule has 0 amide bonds. The molecule has 1 aliphatic carbocycles. The molecule has 0 saturated heterocycles. The van der Waals surface area contributed by atoms with E-state index in [1.807, 2.05) is 0 Å². The topological polar surface area (TPSA) is 0 Å². The lowest BCUT2D eigenvalue weighted by atomic mass is 9.56. The molecular formula is C30H60. The van der Waals surface area contributed by atoms with Gasteiger partial charge in [-0.2, -0.15) is 0 Å². The van der Waals surface area contributed by atoms with Gasteiger partial charge in [0.1, 0.15) is 0 Å². The van der Waals surface area contributed by atoms with Crippen LogP contribution in [0.15, 0.2) is 0 Å². The van der Waals surface area contributed by atoms with E-state index in [9.17, 15) is 0 Å². The molecule has 0 heteroatoms. The number of rotatable bonds is 19. The largest absolute Gasteiger partial charge is 0.0654 e. The van der Waals surface area contributed by atoms with Gasteiger partial charge >= 0.3 is 0 Å². The third-order valence-electron chi connectivity index (χ3n) is 9.94. The molecule has 0 aromatic carbocycles. The molecule has 1 rings (SSSR count).